The van der Waals surface area contributed by atoms with Crippen molar-refractivity contribution in [3.63, 3.8) is 0 Å². The van der Waals surface area contributed by atoms with Crippen LogP contribution in [0.4, 0.5) is 11.4 Å². The van der Waals surface area contributed by atoms with Crippen molar-refractivity contribution in [3.05, 3.63) is 57.6 Å². The highest BCUT2D eigenvalue weighted by atomic mass is 35.5. The number of halogens is 2. The molecule has 0 aromatic heterocycles. The summed E-state index contributed by atoms with van der Waals surface area (Å²) < 4.78 is 0. The van der Waals surface area contributed by atoms with Gasteiger partial charge in [0.15, 0.2) is 0 Å². The molecule has 0 unspecified atom stereocenters. The van der Waals surface area contributed by atoms with Crippen molar-refractivity contribution in [1.82, 2.24) is 0 Å². The van der Waals surface area contributed by atoms with E-state index in [9.17, 15) is 0 Å². The number of nitrogens with one attached hydrogen (secondary N) is 1. The van der Waals surface area contributed by atoms with E-state index < -0.39 is 0 Å². The molecule has 0 saturated carbocycles. The molecule has 0 aliphatic heterocycles. The third-order valence-corrected chi connectivity index (χ3v) is 3.35. The lowest BCUT2D eigenvalue weighted by Crippen LogP contribution is -2.02. The fraction of sp³-hybridized carbons (Fsp3) is 0.0714. The Morgan fingerprint density at radius 1 is 1.16 bits per heavy atom. The van der Waals surface area contributed by atoms with Crippen LogP contribution in [0.5, 0.6) is 0 Å². The first kappa shape index (κ1) is 13.5. The van der Waals surface area contributed by atoms with Gasteiger partial charge in [-0.1, -0.05) is 35.3 Å². The number of nitriles is 1. The van der Waals surface area contributed by atoms with Crippen LogP contribution in [0.3, 0.4) is 0 Å². The topological polar surface area (TPSA) is 61.8 Å². The molecule has 5 heteroatoms. The third kappa shape index (κ3) is 3.31. The Kier molecular flexibility index (Phi) is 4.16. The Bertz CT molecular complexity index is 648. The van der Waals surface area contributed by atoms with Crippen LogP contribution in [-0.4, -0.2) is 0 Å². The zero-order chi connectivity index (χ0) is 13.8. The zero-order valence-corrected chi connectivity index (χ0v) is 11.5. The standard InChI is InChI=1S/C14H11Cl2N3/c15-11-5-13(18)14(6-12(11)16)19-8-10-3-1-2-9(4-10)7-17/h1-6,19H,8,18H2. The molecule has 0 amide bonds. The zero-order valence-electron chi connectivity index (χ0n) is 9.95. The molecule has 0 bridgehead atoms. The Labute approximate surface area is 121 Å². The van der Waals surface area contributed by atoms with Crippen LogP contribution in [0.25, 0.3) is 0 Å². The van der Waals surface area contributed by atoms with Crippen LogP contribution in [0.1, 0.15) is 11.1 Å². The number of rotatable bonds is 3. The second-order valence-electron chi connectivity index (χ2n) is 4.02. The first-order valence-corrected chi connectivity index (χ1v) is 6.33. The van der Waals surface area contributed by atoms with Gasteiger partial charge in [-0.3, -0.25) is 0 Å². The van der Waals surface area contributed by atoms with Gasteiger partial charge < -0.3 is 11.1 Å². The number of nitrogen functional groups attached to an aromatic ring is 1. The molecule has 3 N–H and O–H groups in total. The number of nitrogens with zero attached hydrogens (tertiary/aromatic N) is 1. The number of hydrogen-bond donors (Lipinski definition) is 2. The maximum absolute atomic E-state index is 8.84. The van der Waals surface area contributed by atoms with Gasteiger partial charge in [0.1, 0.15) is 0 Å². The monoisotopic (exact) mass is 291 g/mol. The quantitative estimate of drug-likeness (QED) is 0.839. The van der Waals surface area contributed by atoms with E-state index in [1.165, 1.54) is 0 Å². The van der Waals surface area contributed by atoms with Gasteiger partial charge >= 0.3 is 0 Å². The lowest BCUT2D eigenvalue weighted by Gasteiger charge is -2.11. The molecule has 0 fully saturated rings. The van der Waals surface area contributed by atoms with Crippen LogP contribution >= 0.6 is 23.2 Å². The minimum atomic E-state index is 0.427. The van der Waals surface area contributed by atoms with Gasteiger partial charge in [-0.2, -0.15) is 5.26 Å². The number of benzene rings is 2. The van der Waals surface area contributed by atoms with E-state index in [4.69, 9.17) is 34.2 Å². The second-order valence-corrected chi connectivity index (χ2v) is 4.83. The summed E-state index contributed by atoms with van der Waals surface area (Å²) in [5, 5.41) is 12.9. The normalized spacial score (nSPS) is 9.95. The lowest BCUT2D eigenvalue weighted by molar-refractivity contribution is 1.15. The summed E-state index contributed by atoms with van der Waals surface area (Å²) >= 11 is 11.8. The van der Waals surface area contributed by atoms with E-state index in [0.717, 1.165) is 11.3 Å². The minimum absolute atomic E-state index is 0.427. The summed E-state index contributed by atoms with van der Waals surface area (Å²) in [5.74, 6) is 0. The van der Waals surface area contributed by atoms with Crippen molar-refractivity contribution in [1.29, 1.82) is 5.26 Å². The first-order valence-electron chi connectivity index (χ1n) is 5.57. The van der Waals surface area contributed by atoms with Crippen LogP contribution in [0.2, 0.25) is 10.0 Å². The molecule has 96 valence electrons. The molecule has 19 heavy (non-hydrogen) atoms. The SMILES string of the molecule is N#Cc1cccc(CNc2cc(Cl)c(Cl)cc2N)c1. The van der Waals surface area contributed by atoms with Gasteiger partial charge in [0.2, 0.25) is 0 Å². The van der Waals surface area contributed by atoms with E-state index in [-0.39, 0.29) is 0 Å². The molecule has 2 aromatic rings. The second kappa shape index (κ2) is 5.83. The molecule has 0 heterocycles. The molecule has 3 nitrogen and oxygen atoms in total. The Morgan fingerprint density at radius 2 is 1.89 bits per heavy atom. The molecule has 0 spiro atoms. The molecule has 0 aliphatic rings. The van der Waals surface area contributed by atoms with E-state index in [1.54, 1.807) is 18.2 Å². The maximum atomic E-state index is 8.84. The molecule has 2 rings (SSSR count). The Balaban J connectivity index is 2.14. The van der Waals surface area contributed by atoms with E-state index in [2.05, 4.69) is 11.4 Å². The van der Waals surface area contributed by atoms with Gasteiger partial charge in [0, 0.05) is 6.54 Å². The molecule has 0 aliphatic carbocycles. The largest absolute Gasteiger partial charge is 0.397 e. The van der Waals surface area contributed by atoms with E-state index in [0.29, 0.717) is 27.8 Å². The maximum Gasteiger partial charge on any atom is 0.0991 e. The minimum Gasteiger partial charge on any atom is -0.397 e. The van der Waals surface area contributed by atoms with Gasteiger partial charge in [0.25, 0.3) is 0 Å². The summed E-state index contributed by atoms with van der Waals surface area (Å²) in [5.41, 5.74) is 8.72. The summed E-state index contributed by atoms with van der Waals surface area (Å²) in [6, 6.07) is 12.8. The van der Waals surface area contributed by atoms with Gasteiger partial charge in [0.05, 0.1) is 33.1 Å². The fourth-order valence-electron chi connectivity index (χ4n) is 1.66. The van der Waals surface area contributed by atoms with Crippen molar-refractivity contribution in [3.8, 4) is 6.07 Å². The number of hydrogen-bond acceptors (Lipinski definition) is 3. The predicted molar refractivity (Wildman–Crippen MR) is 79.4 cm³/mol. The Morgan fingerprint density at radius 3 is 2.63 bits per heavy atom. The summed E-state index contributed by atoms with van der Waals surface area (Å²) in [4.78, 5) is 0. The highest BCUT2D eigenvalue weighted by Crippen LogP contribution is 2.30. The summed E-state index contributed by atoms with van der Waals surface area (Å²) in [7, 11) is 0. The van der Waals surface area contributed by atoms with Crippen molar-refractivity contribution in [2.24, 2.45) is 0 Å². The third-order valence-electron chi connectivity index (χ3n) is 2.63. The average molecular weight is 292 g/mol. The van der Waals surface area contributed by atoms with Crippen LogP contribution in [-0.2, 0) is 6.54 Å². The molecule has 0 radical (unpaired) electrons. The first-order chi connectivity index (χ1) is 9.10. The number of nitrogens with two attached hydrogens (primary N) is 1. The van der Waals surface area contributed by atoms with Gasteiger partial charge in [-0.15, -0.1) is 0 Å². The Hall–Kier alpha value is -1.89. The molecular formula is C14H11Cl2N3. The summed E-state index contributed by atoms with van der Waals surface area (Å²) in [6.07, 6.45) is 0. The van der Waals surface area contributed by atoms with Crippen LogP contribution < -0.4 is 11.1 Å². The lowest BCUT2D eigenvalue weighted by atomic mass is 10.1. The number of anilines is 2. The van der Waals surface area contributed by atoms with Crippen molar-refractivity contribution in [2.45, 2.75) is 6.54 Å². The van der Waals surface area contributed by atoms with Crippen LogP contribution in [0.15, 0.2) is 36.4 Å². The van der Waals surface area contributed by atoms with Crippen molar-refractivity contribution >= 4 is 34.6 Å². The summed E-state index contributed by atoms with van der Waals surface area (Å²) in [6.45, 7) is 0.553. The van der Waals surface area contributed by atoms with Crippen LogP contribution in [0, 0.1) is 11.3 Å². The van der Waals surface area contributed by atoms with E-state index in [1.807, 2.05) is 18.2 Å². The molecular weight excluding hydrogens is 281 g/mol. The van der Waals surface area contributed by atoms with Gasteiger partial charge in [-0.25, -0.2) is 0 Å². The molecule has 0 saturated heterocycles. The van der Waals surface area contributed by atoms with Crippen molar-refractivity contribution < 1.29 is 0 Å². The highest BCUT2D eigenvalue weighted by Gasteiger charge is 2.05. The van der Waals surface area contributed by atoms with Crippen molar-refractivity contribution in [2.75, 3.05) is 11.1 Å². The fourth-order valence-corrected chi connectivity index (χ4v) is 2.00. The predicted octanol–water partition coefficient (Wildman–Crippen LogP) is 4.06. The average Bonchev–Trinajstić information content (AvgIpc) is 2.41. The van der Waals surface area contributed by atoms with Gasteiger partial charge in [-0.05, 0) is 29.8 Å². The van der Waals surface area contributed by atoms with E-state index >= 15 is 0 Å². The smallest absolute Gasteiger partial charge is 0.0991 e. The molecule has 0 atom stereocenters. The molecule has 2 aromatic carbocycles. The highest BCUT2D eigenvalue weighted by molar-refractivity contribution is 6.42.